The molecule has 1 aliphatic heterocycles. The van der Waals surface area contributed by atoms with Crippen molar-refractivity contribution in [1.29, 1.82) is 0 Å². The zero-order valence-corrected chi connectivity index (χ0v) is 11.8. The average molecular weight is 289 g/mol. The van der Waals surface area contributed by atoms with E-state index in [2.05, 4.69) is 9.97 Å². The Morgan fingerprint density at radius 2 is 2.05 bits per heavy atom. The van der Waals surface area contributed by atoms with Crippen molar-refractivity contribution in [2.24, 2.45) is 0 Å². The first kappa shape index (κ1) is 13.3. The first-order valence-electron chi connectivity index (χ1n) is 6.52. The number of fused-ring (bicyclic) bond motifs is 1. The summed E-state index contributed by atoms with van der Waals surface area (Å²) in [6, 6.07) is 7.84. The fourth-order valence-corrected chi connectivity index (χ4v) is 3.02. The molecular formula is C14H15N3O2S. The van der Waals surface area contributed by atoms with Crippen LogP contribution >= 0.6 is 11.8 Å². The van der Waals surface area contributed by atoms with Gasteiger partial charge in [-0.25, -0.2) is 9.97 Å². The number of benzene rings is 1. The van der Waals surface area contributed by atoms with Crippen molar-refractivity contribution in [3.63, 3.8) is 0 Å². The number of rotatable bonds is 3. The number of carbonyl (C=O) groups is 1. The molecule has 0 N–H and O–H groups in total. The van der Waals surface area contributed by atoms with Crippen LogP contribution in [0, 0.1) is 0 Å². The third-order valence-electron chi connectivity index (χ3n) is 3.20. The molecule has 1 amide bonds. The molecule has 0 radical (unpaired) electrons. The van der Waals surface area contributed by atoms with Gasteiger partial charge in [0.1, 0.15) is 11.4 Å². The molecule has 1 saturated heterocycles. The molecule has 1 aliphatic rings. The Morgan fingerprint density at radius 3 is 2.90 bits per heavy atom. The van der Waals surface area contributed by atoms with E-state index in [9.17, 15) is 4.79 Å². The van der Waals surface area contributed by atoms with Crippen molar-refractivity contribution in [1.82, 2.24) is 14.9 Å². The summed E-state index contributed by atoms with van der Waals surface area (Å²) in [5, 5.41) is 1.85. The van der Waals surface area contributed by atoms with Crippen molar-refractivity contribution < 1.29 is 9.53 Å². The van der Waals surface area contributed by atoms with E-state index in [1.165, 1.54) is 11.8 Å². The fraction of sp³-hybridized carbons (Fsp3) is 0.357. The maximum Gasteiger partial charge on any atom is 0.233 e. The Labute approximate surface area is 121 Å². The Morgan fingerprint density at radius 1 is 1.25 bits per heavy atom. The summed E-state index contributed by atoms with van der Waals surface area (Å²) in [6.45, 7) is 2.63. The van der Waals surface area contributed by atoms with E-state index in [1.807, 2.05) is 29.2 Å². The summed E-state index contributed by atoms with van der Waals surface area (Å²) in [5.41, 5.74) is 0.906. The van der Waals surface area contributed by atoms with Crippen molar-refractivity contribution in [2.75, 3.05) is 32.1 Å². The highest BCUT2D eigenvalue weighted by atomic mass is 32.2. The zero-order chi connectivity index (χ0) is 13.8. The lowest BCUT2D eigenvalue weighted by Crippen LogP contribution is -2.41. The third-order valence-corrected chi connectivity index (χ3v) is 4.19. The zero-order valence-electron chi connectivity index (χ0n) is 11.0. The molecule has 20 heavy (non-hydrogen) atoms. The molecule has 104 valence electrons. The lowest BCUT2D eigenvalue weighted by atomic mass is 10.2. The van der Waals surface area contributed by atoms with E-state index in [1.54, 1.807) is 6.33 Å². The lowest BCUT2D eigenvalue weighted by Gasteiger charge is -2.26. The topological polar surface area (TPSA) is 55.3 Å². The quantitative estimate of drug-likeness (QED) is 0.634. The second-order valence-corrected chi connectivity index (χ2v) is 5.44. The molecule has 2 heterocycles. The van der Waals surface area contributed by atoms with Crippen molar-refractivity contribution in [2.45, 2.75) is 5.03 Å². The van der Waals surface area contributed by atoms with Crippen molar-refractivity contribution in [3.05, 3.63) is 30.6 Å². The molecule has 0 aliphatic carbocycles. The van der Waals surface area contributed by atoms with Crippen LogP contribution in [0.5, 0.6) is 0 Å². The van der Waals surface area contributed by atoms with Crippen LogP contribution in [-0.2, 0) is 9.53 Å². The third kappa shape index (κ3) is 2.91. The molecule has 3 rings (SSSR count). The van der Waals surface area contributed by atoms with Gasteiger partial charge in [-0.15, -0.1) is 0 Å². The number of hydrogen-bond donors (Lipinski definition) is 0. The number of nitrogens with zero attached hydrogens (tertiary/aromatic N) is 3. The predicted octanol–water partition coefficient (Wildman–Crippen LogP) is 1.58. The Kier molecular flexibility index (Phi) is 4.13. The minimum Gasteiger partial charge on any atom is -0.378 e. The Balaban J connectivity index is 1.69. The molecule has 1 aromatic carbocycles. The van der Waals surface area contributed by atoms with Gasteiger partial charge < -0.3 is 9.64 Å². The maximum absolute atomic E-state index is 12.1. The minimum absolute atomic E-state index is 0.140. The molecular weight excluding hydrogens is 274 g/mol. The van der Waals surface area contributed by atoms with Gasteiger partial charge in [-0.3, -0.25) is 4.79 Å². The van der Waals surface area contributed by atoms with Crippen LogP contribution < -0.4 is 0 Å². The first-order chi connectivity index (χ1) is 9.84. The monoisotopic (exact) mass is 289 g/mol. The van der Waals surface area contributed by atoms with Crippen LogP contribution in [0.4, 0.5) is 0 Å². The van der Waals surface area contributed by atoms with E-state index in [-0.39, 0.29) is 5.91 Å². The molecule has 0 atom stereocenters. The number of morpholine rings is 1. The van der Waals surface area contributed by atoms with Gasteiger partial charge in [-0.2, -0.15) is 0 Å². The molecule has 5 nitrogen and oxygen atoms in total. The van der Waals surface area contributed by atoms with Gasteiger partial charge in [0.2, 0.25) is 5.91 Å². The molecule has 0 spiro atoms. The summed E-state index contributed by atoms with van der Waals surface area (Å²) in [6.07, 6.45) is 1.55. The number of carbonyl (C=O) groups excluding carboxylic acids is 1. The summed E-state index contributed by atoms with van der Waals surface area (Å²) in [4.78, 5) is 22.5. The van der Waals surface area contributed by atoms with Crippen LogP contribution in [0.3, 0.4) is 0 Å². The predicted molar refractivity (Wildman–Crippen MR) is 77.7 cm³/mol. The van der Waals surface area contributed by atoms with Crippen LogP contribution in [0.25, 0.3) is 10.9 Å². The Bertz CT molecular complexity index is 609. The van der Waals surface area contributed by atoms with Gasteiger partial charge in [0.25, 0.3) is 0 Å². The number of ether oxygens (including phenoxy) is 1. The van der Waals surface area contributed by atoms with E-state index in [0.717, 1.165) is 15.9 Å². The van der Waals surface area contributed by atoms with Gasteiger partial charge in [-0.05, 0) is 6.07 Å². The highest BCUT2D eigenvalue weighted by Gasteiger charge is 2.17. The van der Waals surface area contributed by atoms with E-state index >= 15 is 0 Å². The molecule has 1 fully saturated rings. The van der Waals surface area contributed by atoms with Gasteiger partial charge in [-0.1, -0.05) is 30.0 Å². The summed E-state index contributed by atoms with van der Waals surface area (Å²) < 4.78 is 5.25. The first-order valence-corrected chi connectivity index (χ1v) is 7.51. The van der Waals surface area contributed by atoms with Crippen LogP contribution in [-0.4, -0.2) is 52.8 Å². The number of amides is 1. The van der Waals surface area contributed by atoms with Gasteiger partial charge in [0, 0.05) is 18.5 Å². The SMILES string of the molecule is O=C(CSc1ncnc2ccccc12)N1CCOCC1. The molecule has 6 heteroatoms. The molecule has 2 aromatic rings. The van der Waals surface area contributed by atoms with Crippen LogP contribution in [0.2, 0.25) is 0 Å². The average Bonchev–Trinajstić information content (AvgIpc) is 2.53. The summed E-state index contributed by atoms with van der Waals surface area (Å²) in [7, 11) is 0. The van der Waals surface area contributed by atoms with Gasteiger partial charge >= 0.3 is 0 Å². The normalized spacial score (nSPS) is 15.5. The minimum atomic E-state index is 0.140. The summed E-state index contributed by atoms with van der Waals surface area (Å²) >= 11 is 1.47. The largest absolute Gasteiger partial charge is 0.378 e. The molecule has 0 bridgehead atoms. The molecule has 0 unspecified atom stereocenters. The van der Waals surface area contributed by atoms with Crippen LogP contribution in [0.15, 0.2) is 35.6 Å². The fourth-order valence-electron chi connectivity index (χ4n) is 2.13. The van der Waals surface area contributed by atoms with Gasteiger partial charge in [0.15, 0.2) is 0 Å². The number of para-hydroxylation sites is 1. The lowest BCUT2D eigenvalue weighted by molar-refractivity contribution is -0.132. The highest BCUT2D eigenvalue weighted by molar-refractivity contribution is 8.00. The highest BCUT2D eigenvalue weighted by Crippen LogP contribution is 2.24. The van der Waals surface area contributed by atoms with E-state index in [4.69, 9.17) is 4.74 Å². The number of aromatic nitrogens is 2. The van der Waals surface area contributed by atoms with E-state index < -0.39 is 0 Å². The maximum atomic E-state index is 12.1. The molecule has 1 aromatic heterocycles. The van der Waals surface area contributed by atoms with Crippen molar-refractivity contribution in [3.8, 4) is 0 Å². The standard InChI is InChI=1S/C14H15N3O2S/c18-13(17-5-7-19-8-6-17)9-20-14-11-3-1-2-4-12(11)15-10-16-14/h1-4,10H,5-9H2. The van der Waals surface area contributed by atoms with Crippen LogP contribution in [0.1, 0.15) is 0 Å². The summed E-state index contributed by atoms with van der Waals surface area (Å²) in [5.74, 6) is 0.544. The number of hydrogen-bond acceptors (Lipinski definition) is 5. The van der Waals surface area contributed by atoms with Crippen molar-refractivity contribution >= 4 is 28.6 Å². The second kappa shape index (κ2) is 6.19. The van der Waals surface area contributed by atoms with Gasteiger partial charge in [0.05, 0.1) is 24.5 Å². The smallest absolute Gasteiger partial charge is 0.233 e. The van der Waals surface area contributed by atoms with E-state index in [0.29, 0.717) is 32.1 Å². The second-order valence-electron chi connectivity index (χ2n) is 4.48. The Hall–Kier alpha value is -1.66. The molecule has 0 saturated carbocycles. The number of thioether (sulfide) groups is 1.